The minimum atomic E-state index is -0.924. The average molecular weight is 251 g/mol. The van der Waals surface area contributed by atoms with Gasteiger partial charge in [-0.1, -0.05) is 13.8 Å². The Balaban J connectivity index is 1.62. The Kier molecular flexibility index (Phi) is 2.65. The Morgan fingerprint density at radius 1 is 1.17 bits per heavy atom. The molecule has 4 nitrogen and oxygen atoms in total. The van der Waals surface area contributed by atoms with Gasteiger partial charge in [0.15, 0.2) is 0 Å². The van der Waals surface area contributed by atoms with Gasteiger partial charge in [0, 0.05) is 5.92 Å². The molecule has 5 unspecified atom stereocenters. The second-order valence-corrected chi connectivity index (χ2v) is 6.58. The minimum Gasteiger partial charge on any atom is -0.480 e. The van der Waals surface area contributed by atoms with Gasteiger partial charge in [-0.25, -0.2) is 4.79 Å². The van der Waals surface area contributed by atoms with E-state index in [2.05, 4.69) is 5.32 Å². The zero-order valence-electron chi connectivity index (χ0n) is 10.9. The summed E-state index contributed by atoms with van der Waals surface area (Å²) in [6, 6.07) is -0.739. The minimum absolute atomic E-state index is 0.0114. The largest absolute Gasteiger partial charge is 0.480 e. The molecule has 3 saturated carbocycles. The summed E-state index contributed by atoms with van der Waals surface area (Å²) in [6.07, 6.45) is 3.87. The fraction of sp³-hybridized carbons (Fsp3) is 0.857. The quantitative estimate of drug-likeness (QED) is 0.795. The molecule has 4 heteroatoms. The van der Waals surface area contributed by atoms with Gasteiger partial charge in [-0.3, -0.25) is 4.79 Å². The van der Waals surface area contributed by atoms with Gasteiger partial charge in [-0.05, 0) is 48.9 Å². The van der Waals surface area contributed by atoms with E-state index in [9.17, 15) is 9.59 Å². The van der Waals surface area contributed by atoms with Crippen LogP contribution in [0.2, 0.25) is 0 Å². The summed E-state index contributed by atoms with van der Waals surface area (Å²) in [4.78, 5) is 23.3. The number of carbonyl (C=O) groups is 2. The topological polar surface area (TPSA) is 66.4 Å². The maximum atomic E-state index is 12.2. The molecule has 3 fully saturated rings. The van der Waals surface area contributed by atoms with Gasteiger partial charge in [-0.2, -0.15) is 0 Å². The van der Waals surface area contributed by atoms with Crippen molar-refractivity contribution < 1.29 is 14.7 Å². The van der Waals surface area contributed by atoms with E-state index in [0.717, 1.165) is 11.8 Å². The third-order valence-electron chi connectivity index (χ3n) is 5.27. The zero-order valence-corrected chi connectivity index (χ0v) is 10.9. The first-order valence-electron chi connectivity index (χ1n) is 7.04. The van der Waals surface area contributed by atoms with Crippen LogP contribution in [-0.2, 0) is 9.59 Å². The normalized spacial score (nSPS) is 41.6. The third kappa shape index (κ3) is 1.65. The molecular weight excluding hydrogens is 230 g/mol. The summed E-state index contributed by atoms with van der Waals surface area (Å²) < 4.78 is 0. The van der Waals surface area contributed by atoms with Crippen molar-refractivity contribution in [2.75, 3.05) is 0 Å². The molecule has 0 radical (unpaired) electrons. The smallest absolute Gasteiger partial charge is 0.326 e. The summed E-state index contributed by atoms with van der Waals surface area (Å²) in [7, 11) is 0. The van der Waals surface area contributed by atoms with Crippen LogP contribution < -0.4 is 5.32 Å². The number of carboxylic acids is 1. The van der Waals surface area contributed by atoms with Crippen LogP contribution in [-0.4, -0.2) is 23.0 Å². The third-order valence-corrected chi connectivity index (χ3v) is 5.27. The van der Waals surface area contributed by atoms with Crippen molar-refractivity contribution >= 4 is 11.9 Å². The lowest BCUT2D eigenvalue weighted by atomic mass is 10.0. The fourth-order valence-electron chi connectivity index (χ4n) is 4.44. The van der Waals surface area contributed by atoms with Crippen LogP contribution in [0.25, 0.3) is 0 Å². The Morgan fingerprint density at radius 2 is 1.72 bits per heavy atom. The Hall–Kier alpha value is -1.06. The molecule has 0 spiro atoms. The SMILES string of the molecule is CC(C)C(NC(=O)C1C2C3CCC(C3)C12)C(=O)O. The lowest BCUT2D eigenvalue weighted by molar-refractivity contribution is -0.143. The predicted octanol–water partition coefficient (Wildman–Crippen LogP) is 1.50. The van der Waals surface area contributed by atoms with Crippen molar-refractivity contribution in [3.05, 3.63) is 0 Å². The predicted molar refractivity (Wildman–Crippen MR) is 65.7 cm³/mol. The first-order valence-corrected chi connectivity index (χ1v) is 7.04. The number of aliphatic carboxylic acids is 1. The van der Waals surface area contributed by atoms with Crippen LogP contribution >= 0.6 is 0 Å². The molecule has 2 bridgehead atoms. The van der Waals surface area contributed by atoms with Crippen molar-refractivity contribution in [3.63, 3.8) is 0 Å². The molecule has 18 heavy (non-hydrogen) atoms. The van der Waals surface area contributed by atoms with E-state index in [1.807, 2.05) is 13.8 Å². The highest BCUT2D eigenvalue weighted by atomic mass is 16.4. The molecule has 5 atom stereocenters. The number of carbonyl (C=O) groups excluding carboxylic acids is 1. The van der Waals surface area contributed by atoms with Crippen LogP contribution in [0.4, 0.5) is 0 Å². The molecule has 0 aromatic rings. The summed E-state index contributed by atoms with van der Waals surface area (Å²) in [5.74, 6) is 1.76. The van der Waals surface area contributed by atoms with Gasteiger partial charge >= 0.3 is 5.97 Å². The standard InChI is InChI=1S/C14H21NO3/c1-6(2)12(14(17)18)15-13(16)11-9-7-3-4-8(5-7)10(9)11/h6-12H,3-5H2,1-2H3,(H,15,16)(H,17,18). The number of rotatable bonds is 4. The Labute approximate surface area is 107 Å². The van der Waals surface area contributed by atoms with Crippen molar-refractivity contribution in [1.29, 1.82) is 0 Å². The molecule has 3 aliphatic carbocycles. The van der Waals surface area contributed by atoms with E-state index in [1.165, 1.54) is 19.3 Å². The molecule has 0 aliphatic heterocycles. The van der Waals surface area contributed by atoms with Crippen LogP contribution in [0.1, 0.15) is 33.1 Å². The highest BCUT2D eigenvalue weighted by Crippen LogP contribution is 2.69. The van der Waals surface area contributed by atoms with Crippen molar-refractivity contribution in [1.82, 2.24) is 5.32 Å². The second-order valence-electron chi connectivity index (χ2n) is 6.58. The second kappa shape index (κ2) is 3.97. The molecule has 100 valence electrons. The van der Waals surface area contributed by atoms with E-state index < -0.39 is 12.0 Å². The molecule has 2 N–H and O–H groups in total. The summed E-state index contributed by atoms with van der Waals surface area (Å²) in [5.41, 5.74) is 0. The number of carboxylic acid groups (broad SMARTS) is 1. The number of hydrogen-bond donors (Lipinski definition) is 2. The highest BCUT2D eigenvalue weighted by Gasteiger charge is 2.67. The number of hydrogen-bond acceptors (Lipinski definition) is 2. The number of amides is 1. The lowest BCUT2D eigenvalue weighted by Crippen LogP contribution is -2.45. The van der Waals surface area contributed by atoms with Crippen molar-refractivity contribution in [2.24, 2.45) is 35.5 Å². The van der Waals surface area contributed by atoms with E-state index >= 15 is 0 Å². The molecule has 1 amide bonds. The molecule has 0 saturated heterocycles. The Morgan fingerprint density at radius 3 is 2.17 bits per heavy atom. The highest BCUT2D eigenvalue weighted by molar-refractivity contribution is 5.87. The summed E-state index contributed by atoms with van der Waals surface area (Å²) in [5, 5.41) is 11.8. The van der Waals surface area contributed by atoms with Gasteiger partial charge < -0.3 is 10.4 Å². The molecule has 0 heterocycles. The molecular formula is C14H21NO3. The van der Waals surface area contributed by atoms with Crippen molar-refractivity contribution in [2.45, 2.75) is 39.2 Å². The van der Waals surface area contributed by atoms with E-state index in [1.54, 1.807) is 0 Å². The molecule has 3 aliphatic rings. The molecule has 3 rings (SSSR count). The van der Waals surface area contributed by atoms with Gasteiger partial charge in [0.2, 0.25) is 5.91 Å². The van der Waals surface area contributed by atoms with E-state index in [-0.39, 0.29) is 17.7 Å². The first-order chi connectivity index (χ1) is 8.50. The van der Waals surface area contributed by atoms with E-state index in [0.29, 0.717) is 11.8 Å². The maximum absolute atomic E-state index is 12.2. The monoisotopic (exact) mass is 251 g/mol. The number of nitrogens with one attached hydrogen (secondary N) is 1. The van der Waals surface area contributed by atoms with Crippen LogP contribution in [0.3, 0.4) is 0 Å². The summed E-state index contributed by atoms with van der Waals surface area (Å²) in [6.45, 7) is 3.66. The first kappa shape index (κ1) is 12.0. The Bertz CT molecular complexity index is 377. The van der Waals surface area contributed by atoms with Crippen LogP contribution in [0.5, 0.6) is 0 Å². The maximum Gasteiger partial charge on any atom is 0.326 e. The van der Waals surface area contributed by atoms with Gasteiger partial charge in [0.25, 0.3) is 0 Å². The summed E-state index contributed by atoms with van der Waals surface area (Å²) >= 11 is 0. The average Bonchev–Trinajstić information content (AvgIpc) is 2.74. The zero-order chi connectivity index (χ0) is 13.0. The molecule has 0 aromatic heterocycles. The van der Waals surface area contributed by atoms with Crippen LogP contribution in [0, 0.1) is 35.5 Å². The van der Waals surface area contributed by atoms with Gasteiger partial charge in [0.1, 0.15) is 6.04 Å². The lowest BCUT2D eigenvalue weighted by Gasteiger charge is -2.19. The van der Waals surface area contributed by atoms with Crippen molar-refractivity contribution in [3.8, 4) is 0 Å². The van der Waals surface area contributed by atoms with Crippen LogP contribution in [0.15, 0.2) is 0 Å². The fourth-order valence-corrected chi connectivity index (χ4v) is 4.44. The number of fused-ring (bicyclic) bond motifs is 5. The van der Waals surface area contributed by atoms with Gasteiger partial charge in [-0.15, -0.1) is 0 Å². The van der Waals surface area contributed by atoms with Gasteiger partial charge in [0.05, 0.1) is 0 Å². The molecule has 0 aromatic carbocycles. The van der Waals surface area contributed by atoms with E-state index in [4.69, 9.17) is 5.11 Å².